The van der Waals surface area contributed by atoms with Gasteiger partial charge in [0.1, 0.15) is 5.75 Å². The van der Waals surface area contributed by atoms with Crippen LogP contribution in [0.2, 0.25) is 0 Å². The number of nitrogens with one attached hydrogen (secondary N) is 2. The fraction of sp³-hybridized carbons (Fsp3) is 0.333. The van der Waals surface area contributed by atoms with Crippen LogP contribution < -0.4 is 15.4 Å². The van der Waals surface area contributed by atoms with Crippen molar-refractivity contribution in [3.8, 4) is 16.9 Å². The molecule has 0 saturated carbocycles. The lowest BCUT2D eigenvalue weighted by atomic mass is 10.0. The normalized spacial score (nSPS) is 10.0. The first-order chi connectivity index (χ1) is 10.8. The van der Waals surface area contributed by atoms with Gasteiger partial charge in [-0.3, -0.25) is 0 Å². The molecule has 126 valence electrons. The summed E-state index contributed by atoms with van der Waals surface area (Å²) in [5.41, 5.74) is 4.47. The fourth-order valence-electron chi connectivity index (χ4n) is 2.40. The van der Waals surface area contributed by atoms with Gasteiger partial charge in [-0.25, -0.2) is 0 Å². The Kier molecular flexibility index (Phi) is 8.11. The van der Waals surface area contributed by atoms with Crippen molar-refractivity contribution in [2.45, 2.75) is 13.5 Å². The number of anilines is 1. The average molecular weight is 318 g/mol. The number of hydrogen-bond donors (Lipinski definition) is 3. The molecule has 5 N–H and O–H groups in total. The van der Waals surface area contributed by atoms with E-state index in [-0.39, 0.29) is 12.1 Å². The van der Waals surface area contributed by atoms with Crippen LogP contribution in [-0.4, -0.2) is 37.4 Å². The maximum absolute atomic E-state index is 8.85. The second-order valence-corrected chi connectivity index (χ2v) is 5.05. The molecule has 0 saturated heterocycles. The third kappa shape index (κ3) is 5.25. The molecule has 2 rings (SSSR count). The largest absolute Gasteiger partial charge is 0.496 e. The van der Waals surface area contributed by atoms with Crippen LogP contribution in [0.25, 0.3) is 11.1 Å². The van der Waals surface area contributed by atoms with Crippen molar-refractivity contribution in [2.75, 3.05) is 32.1 Å². The van der Waals surface area contributed by atoms with Gasteiger partial charge in [0.2, 0.25) is 0 Å². The van der Waals surface area contributed by atoms with Crippen LogP contribution >= 0.6 is 0 Å². The van der Waals surface area contributed by atoms with E-state index in [9.17, 15) is 0 Å². The van der Waals surface area contributed by atoms with Gasteiger partial charge in [0.05, 0.1) is 13.7 Å². The van der Waals surface area contributed by atoms with Crippen molar-refractivity contribution in [1.29, 1.82) is 0 Å². The summed E-state index contributed by atoms with van der Waals surface area (Å²) >= 11 is 0. The van der Waals surface area contributed by atoms with Crippen molar-refractivity contribution in [3.05, 3.63) is 48.0 Å². The topological polar surface area (TPSA) is 85.0 Å². The summed E-state index contributed by atoms with van der Waals surface area (Å²) in [6.45, 7) is 4.45. The Balaban J connectivity index is 0.00000264. The molecular weight excluding hydrogens is 292 g/mol. The molecule has 0 aliphatic carbocycles. The summed E-state index contributed by atoms with van der Waals surface area (Å²) in [7, 11) is 1.69. The summed E-state index contributed by atoms with van der Waals surface area (Å²) in [5.74, 6) is 0.861. The Morgan fingerprint density at radius 3 is 2.65 bits per heavy atom. The highest BCUT2D eigenvalue weighted by atomic mass is 16.5. The quantitative estimate of drug-likeness (QED) is 0.650. The smallest absolute Gasteiger partial charge is 0.126 e. The summed E-state index contributed by atoms with van der Waals surface area (Å²) in [6, 6.07) is 14.5. The van der Waals surface area contributed by atoms with Crippen LogP contribution in [0.3, 0.4) is 0 Å². The lowest BCUT2D eigenvalue weighted by Gasteiger charge is -2.13. The van der Waals surface area contributed by atoms with Gasteiger partial charge in [-0.15, -0.1) is 0 Å². The zero-order valence-electron chi connectivity index (χ0n) is 13.7. The molecule has 5 nitrogen and oxygen atoms in total. The average Bonchev–Trinajstić information content (AvgIpc) is 2.55. The van der Waals surface area contributed by atoms with E-state index in [1.165, 1.54) is 0 Å². The molecule has 0 aliphatic rings. The van der Waals surface area contributed by atoms with Gasteiger partial charge in [0, 0.05) is 30.9 Å². The Morgan fingerprint density at radius 1 is 1.13 bits per heavy atom. The third-order valence-electron chi connectivity index (χ3n) is 3.44. The minimum Gasteiger partial charge on any atom is -0.496 e. The number of aliphatic hydroxyl groups excluding tert-OH is 1. The maximum Gasteiger partial charge on any atom is 0.126 e. The van der Waals surface area contributed by atoms with E-state index in [1.54, 1.807) is 7.11 Å². The molecule has 2 aromatic rings. The Hall–Kier alpha value is -2.08. The van der Waals surface area contributed by atoms with E-state index in [2.05, 4.69) is 41.8 Å². The molecule has 0 atom stereocenters. The Bertz CT molecular complexity index is 603. The second-order valence-electron chi connectivity index (χ2n) is 5.05. The molecule has 0 bridgehead atoms. The van der Waals surface area contributed by atoms with Crippen molar-refractivity contribution >= 4 is 5.69 Å². The second kappa shape index (κ2) is 9.84. The number of benzene rings is 2. The SMILES string of the molecule is CCNc1cccc(-c2cc(CNCCO)ccc2OC)c1.O. The van der Waals surface area contributed by atoms with Gasteiger partial charge < -0.3 is 26.0 Å². The predicted octanol–water partition coefficient (Wildman–Crippen LogP) is 2.05. The molecule has 0 radical (unpaired) electrons. The van der Waals surface area contributed by atoms with Gasteiger partial charge in [-0.05, 0) is 42.3 Å². The number of ether oxygens (including phenoxy) is 1. The van der Waals surface area contributed by atoms with Crippen LogP contribution in [0, 0.1) is 0 Å². The van der Waals surface area contributed by atoms with Crippen molar-refractivity contribution in [3.63, 3.8) is 0 Å². The minimum atomic E-state index is 0. The first-order valence-corrected chi connectivity index (χ1v) is 7.61. The lowest BCUT2D eigenvalue weighted by Crippen LogP contribution is -2.17. The van der Waals surface area contributed by atoms with E-state index in [4.69, 9.17) is 9.84 Å². The monoisotopic (exact) mass is 318 g/mol. The molecule has 0 fully saturated rings. The van der Waals surface area contributed by atoms with Gasteiger partial charge in [-0.1, -0.05) is 18.2 Å². The minimum absolute atomic E-state index is 0. The molecule has 5 heteroatoms. The highest BCUT2D eigenvalue weighted by Gasteiger charge is 2.08. The van der Waals surface area contributed by atoms with Gasteiger partial charge in [0.15, 0.2) is 0 Å². The zero-order valence-corrected chi connectivity index (χ0v) is 13.7. The number of aliphatic hydroxyl groups is 1. The molecule has 23 heavy (non-hydrogen) atoms. The molecule has 0 aliphatic heterocycles. The van der Waals surface area contributed by atoms with Gasteiger partial charge >= 0.3 is 0 Å². The number of hydrogen-bond acceptors (Lipinski definition) is 4. The molecule has 0 unspecified atom stereocenters. The summed E-state index contributed by atoms with van der Waals surface area (Å²) in [5, 5.41) is 15.4. The maximum atomic E-state index is 8.85. The van der Waals surface area contributed by atoms with E-state index in [1.807, 2.05) is 18.2 Å². The lowest BCUT2D eigenvalue weighted by molar-refractivity contribution is 0.292. The Labute approximate surface area is 137 Å². The molecule has 0 aromatic heterocycles. The van der Waals surface area contributed by atoms with Crippen LogP contribution in [-0.2, 0) is 6.54 Å². The van der Waals surface area contributed by atoms with Crippen LogP contribution in [0.4, 0.5) is 5.69 Å². The van der Waals surface area contributed by atoms with Gasteiger partial charge in [0.25, 0.3) is 0 Å². The van der Waals surface area contributed by atoms with Crippen molar-refractivity contribution < 1.29 is 15.3 Å². The summed E-state index contributed by atoms with van der Waals surface area (Å²) < 4.78 is 5.50. The predicted molar refractivity (Wildman–Crippen MR) is 95.0 cm³/mol. The zero-order chi connectivity index (χ0) is 15.8. The van der Waals surface area contributed by atoms with E-state index in [0.29, 0.717) is 6.54 Å². The summed E-state index contributed by atoms with van der Waals surface area (Å²) in [4.78, 5) is 0. The summed E-state index contributed by atoms with van der Waals surface area (Å²) in [6.07, 6.45) is 0. The third-order valence-corrected chi connectivity index (χ3v) is 3.44. The molecule has 2 aromatic carbocycles. The van der Waals surface area contributed by atoms with E-state index < -0.39 is 0 Å². The molecule has 0 spiro atoms. The van der Waals surface area contributed by atoms with Crippen molar-refractivity contribution in [2.24, 2.45) is 0 Å². The van der Waals surface area contributed by atoms with Crippen LogP contribution in [0.5, 0.6) is 5.75 Å². The fourth-order valence-corrected chi connectivity index (χ4v) is 2.40. The van der Waals surface area contributed by atoms with Gasteiger partial charge in [-0.2, -0.15) is 0 Å². The van der Waals surface area contributed by atoms with Crippen LogP contribution in [0.1, 0.15) is 12.5 Å². The molecule has 0 heterocycles. The first kappa shape index (κ1) is 19.0. The van der Waals surface area contributed by atoms with Crippen molar-refractivity contribution in [1.82, 2.24) is 5.32 Å². The first-order valence-electron chi connectivity index (χ1n) is 7.61. The van der Waals surface area contributed by atoms with E-state index in [0.717, 1.165) is 41.2 Å². The Morgan fingerprint density at radius 2 is 1.96 bits per heavy atom. The number of rotatable bonds is 8. The highest BCUT2D eigenvalue weighted by Crippen LogP contribution is 2.32. The molecule has 0 amide bonds. The standard InChI is InChI=1S/C18H24N2O2.H2O/c1-3-20-16-6-4-5-15(12-16)17-11-14(13-19-9-10-21)7-8-18(17)22-2;/h4-8,11-12,19-21H,3,9-10,13H2,1-2H3;1H2. The van der Waals surface area contributed by atoms with E-state index >= 15 is 0 Å². The van der Waals surface area contributed by atoms with Crippen LogP contribution in [0.15, 0.2) is 42.5 Å². The number of methoxy groups -OCH3 is 1. The highest BCUT2D eigenvalue weighted by molar-refractivity contribution is 5.74. The molecular formula is C18H26N2O3.